The first-order chi connectivity index (χ1) is 28.0. The van der Waals surface area contributed by atoms with Crippen LogP contribution in [-0.4, -0.2) is 19.1 Å². The van der Waals surface area contributed by atoms with E-state index in [1.807, 2.05) is 24.5 Å². The molecular formula is C53H34N4. The first-order valence-electron chi connectivity index (χ1n) is 19.7. The van der Waals surface area contributed by atoms with E-state index in [9.17, 15) is 0 Å². The molecule has 0 spiro atoms. The van der Waals surface area contributed by atoms with Crippen molar-refractivity contribution in [1.82, 2.24) is 19.1 Å². The van der Waals surface area contributed by atoms with Gasteiger partial charge in [-0.25, -0.2) is 0 Å². The van der Waals surface area contributed by atoms with Gasteiger partial charge >= 0.3 is 0 Å². The maximum Gasteiger partial charge on any atom is 0.0801 e. The zero-order chi connectivity index (χ0) is 37.6. The van der Waals surface area contributed by atoms with Gasteiger partial charge in [0.05, 0.1) is 44.5 Å². The molecule has 4 heterocycles. The van der Waals surface area contributed by atoms with Crippen LogP contribution in [0.4, 0.5) is 0 Å². The molecule has 0 saturated carbocycles. The number of fused-ring (bicyclic) bond motifs is 15. The van der Waals surface area contributed by atoms with E-state index >= 15 is 0 Å². The molecule has 57 heavy (non-hydrogen) atoms. The lowest BCUT2D eigenvalue weighted by molar-refractivity contribution is 0.661. The summed E-state index contributed by atoms with van der Waals surface area (Å²) < 4.78 is 4.97. The van der Waals surface area contributed by atoms with E-state index in [1.165, 1.54) is 87.4 Å². The Bertz CT molecular complexity index is 3490. The van der Waals surface area contributed by atoms with Gasteiger partial charge in [-0.3, -0.25) is 9.97 Å². The quantitative estimate of drug-likeness (QED) is 0.166. The standard InChI is InChI=1S/C53H34N4/c1-53(2)41-29-47-39(35-15-3-5-17-43(35)56(47)45-19-7-11-31-21-23-33-13-9-25-54-51(33)49(31)45)27-37(41)38-28-40-36-16-4-6-18-44(36)57(48(40)30-42(38)53)46-20-8-12-32-22-24-34-14-10-26-55-52(34)50(32)46/h3-30H,1-2H3. The van der Waals surface area contributed by atoms with Crippen LogP contribution in [0.1, 0.15) is 25.0 Å². The van der Waals surface area contributed by atoms with Crippen LogP contribution in [0.15, 0.2) is 170 Å². The molecule has 0 saturated heterocycles. The van der Waals surface area contributed by atoms with Crippen LogP contribution in [0.3, 0.4) is 0 Å². The molecule has 0 bridgehead atoms. The van der Waals surface area contributed by atoms with E-state index in [-0.39, 0.29) is 5.41 Å². The molecule has 0 N–H and O–H groups in total. The topological polar surface area (TPSA) is 35.6 Å². The normalized spacial score (nSPS) is 13.6. The molecule has 0 unspecified atom stereocenters. The Morgan fingerprint density at radius 3 is 1.32 bits per heavy atom. The van der Waals surface area contributed by atoms with Crippen LogP contribution in [0.2, 0.25) is 0 Å². The van der Waals surface area contributed by atoms with Crippen molar-refractivity contribution in [2.75, 3.05) is 0 Å². The summed E-state index contributed by atoms with van der Waals surface area (Å²) in [6, 6.07) is 58.2. The summed E-state index contributed by atoms with van der Waals surface area (Å²) in [5, 5.41) is 12.0. The molecule has 0 fully saturated rings. The fraction of sp³-hybridized carbons (Fsp3) is 0.0566. The van der Waals surface area contributed by atoms with Gasteiger partial charge in [-0.05, 0) is 93.7 Å². The monoisotopic (exact) mass is 726 g/mol. The summed E-state index contributed by atoms with van der Waals surface area (Å²) in [7, 11) is 0. The number of rotatable bonds is 2. The molecule has 266 valence electrons. The zero-order valence-electron chi connectivity index (χ0n) is 31.5. The molecule has 1 aliphatic carbocycles. The van der Waals surface area contributed by atoms with Crippen LogP contribution in [-0.2, 0) is 5.41 Å². The zero-order valence-corrected chi connectivity index (χ0v) is 31.5. The smallest absolute Gasteiger partial charge is 0.0801 e. The second-order valence-electron chi connectivity index (χ2n) is 16.2. The fourth-order valence-electron chi connectivity index (χ4n) is 10.3. The van der Waals surface area contributed by atoms with Crippen LogP contribution < -0.4 is 0 Å². The first-order valence-corrected chi connectivity index (χ1v) is 19.7. The fourth-order valence-corrected chi connectivity index (χ4v) is 10.3. The van der Waals surface area contributed by atoms with Crippen molar-refractivity contribution in [3.05, 3.63) is 181 Å². The van der Waals surface area contributed by atoms with Crippen molar-refractivity contribution in [2.24, 2.45) is 0 Å². The number of para-hydroxylation sites is 2. The van der Waals surface area contributed by atoms with Gasteiger partial charge in [0.25, 0.3) is 0 Å². The lowest BCUT2D eigenvalue weighted by Gasteiger charge is -2.22. The van der Waals surface area contributed by atoms with Gasteiger partial charge in [0.1, 0.15) is 0 Å². The van der Waals surface area contributed by atoms with Crippen LogP contribution in [0.25, 0.3) is 109 Å². The van der Waals surface area contributed by atoms with Crippen molar-refractivity contribution in [3.63, 3.8) is 0 Å². The predicted octanol–water partition coefficient (Wildman–Crippen LogP) is 13.6. The summed E-state index contributed by atoms with van der Waals surface area (Å²) in [5.41, 5.74) is 14.3. The Hall–Kier alpha value is -7.30. The predicted molar refractivity (Wildman–Crippen MR) is 238 cm³/mol. The first kappa shape index (κ1) is 31.0. The molecule has 0 radical (unpaired) electrons. The average molecular weight is 727 g/mol. The van der Waals surface area contributed by atoms with Crippen molar-refractivity contribution in [2.45, 2.75) is 19.3 Å². The summed E-state index contributed by atoms with van der Waals surface area (Å²) in [6.07, 6.45) is 3.82. The van der Waals surface area contributed by atoms with Crippen molar-refractivity contribution >= 4 is 87.0 Å². The molecule has 4 aromatic heterocycles. The number of aromatic nitrogens is 4. The minimum Gasteiger partial charge on any atom is -0.309 e. The average Bonchev–Trinajstić information content (AvgIpc) is 3.83. The van der Waals surface area contributed by atoms with Crippen LogP contribution in [0.5, 0.6) is 0 Å². The minimum atomic E-state index is -0.254. The van der Waals surface area contributed by atoms with E-state index < -0.39 is 0 Å². The van der Waals surface area contributed by atoms with E-state index in [0.29, 0.717) is 0 Å². The number of hydrogen-bond donors (Lipinski definition) is 0. The number of benzene rings is 8. The third-order valence-electron chi connectivity index (χ3n) is 12.9. The van der Waals surface area contributed by atoms with Crippen molar-refractivity contribution in [3.8, 4) is 22.5 Å². The Labute approximate surface area is 327 Å². The number of pyridine rings is 2. The van der Waals surface area contributed by atoms with E-state index in [0.717, 1.165) is 33.2 Å². The highest BCUT2D eigenvalue weighted by Gasteiger charge is 2.37. The second kappa shape index (κ2) is 10.9. The molecule has 8 aromatic carbocycles. The SMILES string of the molecule is CC1(C)c2cc3c(cc2-c2cc4c5ccccc5n(-c5cccc6ccc7cccnc7c56)c4cc21)c1ccccc1n3-c1cccc2ccc3cccnc3c12. The molecule has 12 aromatic rings. The largest absolute Gasteiger partial charge is 0.309 e. The highest BCUT2D eigenvalue weighted by atomic mass is 15.0. The summed E-state index contributed by atoms with van der Waals surface area (Å²) in [4.78, 5) is 9.87. The summed E-state index contributed by atoms with van der Waals surface area (Å²) >= 11 is 0. The molecule has 0 aliphatic heterocycles. The van der Waals surface area contributed by atoms with E-state index in [4.69, 9.17) is 9.97 Å². The van der Waals surface area contributed by atoms with Crippen LogP contribution >= 0.6 is 0 Å². The van der Waals surface area contributed by atoms with Gasteiger partial charge in [0, 0.05) is 60.9 Å². The molecule has 0 atom stereocenters. The molecule has 1 aliphatic rings. The number of nitrogens with zero attached hydrogens (tertiary/aromatic N) is 4. The van der Waals surface area contributed by atoms with Gasteiger partial charge in [-0.2, -0.15) is 0 Å². The van der Waals surface area contributed by atoms with Gasteiger partial charge in [-0.15, -0.1) is 0 Å². The summed E-state index contributed by atoms with van der Waals surface area (Å²) in [5.74, 6) is 0. The molecular weight excluding hydrogens is 693 g/mol. The minimum absolute atomic E-state index is 0.254. The maximum absolute atomic E-state index is 4.93. The Balaban J connectivity index is 1.11. The van der Waals surface area contributed by atoms with Crippen molar-refractivity contribution in [1.29, 1.82) is 0 Å². The lowest BCUT2D eigenvalue weighted by atomic mass is 9.82. The van der Waals surface area contributed by atoms with Crippen LogP contribution in [0, 0.1) is 0 Å². The highest BCUT2D eigenvalue weighted by Crippen LogP contribution is 2.53. The molecule has 4 heteroatoms. The maximum atomic E-state index is 4.93. The Morgan fingerprint density at radius 2 is 0.825 bits per heavy atom. The Morgan fingerprint density at radius 1 is 0.386 bits per heavy atom. The van der Waals surface area contributed by atoms with Gasteiger partial charge in [-0.1, -0.05) is 111 Å². The van der Waals surface area contributed by atoms with Gasteiger partial charge in [0.15, 0.2) is 0 Å². The molecule has 4 nitrogen and oxygen atoms in total. The highest BCUT2D eigenvalue weighted by molar-refractivity contribution is 6.18. The Kier molecular flexibility index (Phi) is 5.94. The van der Waals surface area contributed by atoms with Gasteiger partial charge in [0.2, 0.25) is 0 Å². The van der Waals surface area contributed by atoms with E-state index in [2.05, 4.69) is 169 Å². The van der Waals surface area contributed by atoms with Gasteiger partial charge < -0.3 is 9.13 Å². The molecule has 0 amide bonds. The molecule has 13 rings (SSSR count). The van der Waals surface area contributed by atoms with E-state index in [1.54, 1.807) is 0 Å². The second-order valence-corrected chi connectivity index (χ2v) is 16.2. The van der Waals surface area contributed by atoms with Crippen molar-refractivity contribution < 1.29 is 0 Å². The third-order valence-corrected chi connectivity index (χ3v) is 12.9. The number of hydrogen-bond acceptors (Lipinski definition) is 2. The third kappa shape index (κ3) is 4.01. The summed E-state index contributed by atoms with van der Waals surface area (Å²) in [6.45, 7) is 4.81. The lowest BCUT2D eigenvalue weighted by Crippen LogP contribution is -2.15.